The van der Waals surface area contributed by atoms with E-state index < -0.39 is 0 Å². The van der Waals surface area contributed by atoms with E-state index in [9.17, 15) is 4.79 Å². The average Bonchev–Trinajstić information content (AvgIpc) is 2.99. The van der Waals surface area contributed by atoms with Gasteiger partial charge in [0.25, 0.3) is 5.91 Å². The Morgan fingerprint density at radius 1 is 1.70 bits per heavy atom. The highest BCUT2D eigenvalue weighted by molar-refractivity contribution is 7.18. The first-order chi connectivity index (χ1) is 9.61. The van der Waals surface area contributed by atoms with Crippen molar-refractivity contribution in [3.63, 3.8) is 0 Å². The van der Waals surface area contributed by atoms with Crippen LogP contribution in [-0.4, -0.2) is 31.7 Å². The minimum absolute atomic E-state index is 0.155. The first-order valence-electron chi connectivity index (χ1n) is 6.75. The number of hydrogen-bond acceptors (Lipinski definition) is 5. The van der Waals surface area contributed by atoms with Crippen LogP contribution in [0.5, 0.6) is 0 Å². The molecule has 0 spiro atoms. The van der Waals surface area contributed by atoms with Gasteiger partial charge in [0, 0.05) is 25.6 Å². The van der Waals surface area contributed by atoms with Gasteiger partial charge < -0.3 is 21.1 Å². The predicted molar refractivity (Wildman–Crippen MR) is 83.3 cm³/mol. The van der Waals surface area contributed by atoms with Gasteiger partial charge in [-0.25, -0.2) is 0 Å². The quantitative estimate of drug-likeness (QED) is 0.702. The van der Waals surface area contributed by atoms with Crippen LogP contribution < -0.4 is 16.4 Å². The third-order valence-electron chi connectivity index (χ3n) is 3.45. The summed E-state index contributed by atoms with van der Waals surface area (Å²) in [5, 5.41) is 7.00. The van der Waals surface area contributed by atoms with Crippen LogP contribution in [-0.2, 0) is 4.74 Å². The number of nitrogens with one attached hydrogen (secondary N) is 2. The van der Waals surface area contributed by atoms with Gasteiger partial charge in [-0.05, 0) is 19.4 Å². The van der Waals surface area contributed by atoms with Crippen molar-refractivity contribution in [2.45, 2.75) is 19.4 Å². The van der Waals surface area contributed by atoms with Gasteiger partial charge in [0.05, 0.1) is 16.8 Å². The second-order valence-corrected chi connectivity index (χ2v) is 5.95. The summed E-state index contributed by atoms with van der Waals surface area (Å²) in [7, 11) is 0. The molecule has 1 aliphatic heterocycles. The summed E-state index contributed by atoms with van der Waals surface area (Å²) >= 11 is 1.38. The predicted octanol–water partition coefficient (Wildman–Crippen LogP) is 2.08. The van der Waals surface area contributed by atoms with Crippen molar-refractivity contribution in [3.05, 3.63) is 23.6 Å². The number of hydrogen-bond donors (Lipinski definition) is 3. The van der Waals surface area contributed by atoms with E-state index in [1.807, 2.05) is 6.07 Å². The van der Waals surface area contributed by atoms with Crippen LogP contribution in [0.1, 0.15) is 23.0 Å². The Labute approximate surface area is 123 Å². The fraction of sp³-hybridized carbons (Fsp3) is 0.500. The Morgan fingerprint density at radius 2 is 2.50 bits per heavy atom. The number of amides is 1. The molecule has 20 heavy (non-hydrogen) atoms. The van der Waals surface area contributed by atoms with Crippen LogP contribution >= 0.6 is 11.3 Å². The van der Waals surface area contributed by atoms with Crippen molar-refractivity contribution < 1.29 is 9.53 Å². The highest BCUT2D eigenvalue weighted by Crippen LogP contribution is 2.30. The summed E-state index contributed by atoms with van der Waals surface area (Å²) in [6, 6.07) is 1.81. The third-order valence-corrected chi connectivity index (χ3v) is 4.55. The SMILES string of the molecule is C=CCNC(=O)c1sc(NCC2CCOC2C)cc1N. The highest BCUT2D eigenvalue weighted by atomic mass is 32.1. The summed E-state index contributed by atoms with van der Waals surface area (Å²) in [5.41, 5.74) is 6.39. The maximum atomic E-state index is 11.9. The maximum absolute atomic E-state index is 11.9. The molecule has 0 radical (unpaired) electrons. The topological polar surface area (TPSA) is 76.4 Å². The molecule has 1 aliphatic rings. The van der Waals surface area contributed by atoms with Crippen molar-refractivity contribution in [1.29, 1.82) is 0 Å². The fourth-order valence-electron chi connectivity index (χ4n) is 2.19. The van der Waals surface area contributed by atoms with Gasteiger partial charge in [0.1, 0.15) is 4.88 Å². The van der Waals surface area contributed by atoms with Gasteiger partial charge in [-0.2, -0.15) is 0 Å². The summed E-state index contributed by atoms with van der Waals surface area (Å²) in [5.74, 6) is 0.356. The van der Waals surface area contributed by atoms with Crippen LogP contribution in [0.2, 0.25) is 0 Å². The first kappa shape index (κ1) is 14.9. The van der Waals surface area contributed by atoms with Crippen molar-refractivity contribution in [1.82, 2.24) is 5.32 Å². The zero-order valence-corrected chi connectivity index (χ0v) is 12.5. The molecule has 6 heteroatoms. The van der Waals surface area contributed by atoms with E-state index in [-0.39, 0.29) is 12.0 Å². The van der Waals surface area contributed by atoms with E-state index in [0.29, 0.717) is 23.0 Å². The lowest BCUT2D eigenvalue weighted by Crippen LogP contribution is -2.22. The zero-order chi connectivity index (χ0) is 14.5. The molecule has 2 atom stereocenters. The van der Waals surface area contributed by atoms with E-state index in [0.717, 1.165) is 24.6 Å². The van der Waals surface area contributed by atoms with Crippen LogP contribution in [0.25, 0.3) is 0 Å². The lowest BCUT2D eigenvalue weighted by molar-refractivity contribution is 0.0962. The molecule has 1 aromatic heterocycles. The number of nitrogen functional groups attached to an aromatic ring is 1. The molecule has 5 nitrogen and oxygen atoms in total. The number of rotatable bonds is 6. The van der Waals surface area contributed by atoms with Crippen LogP contribution in [0.3, 0.4) is 0 Å². The van der Waals surface area contributed by atoms with E-state index >= 15 is 0 Å². The van der Waals surface area contributed by atoms with Crippen molar-refractivity contribution >= 4 is 27.9 Å². The lowest BCUT2D eigenvalue weighted by Gasteiger charge is -2.14. The van der Waals surface area contributed by atoms with E-state index in [1.54, 1.807) is 6.08 Å². The number of carbonyl (C=O) groups excluding carboxylic acids is 1. The second-order valence-electron chi connectivity index (χ2n) is 4.90. The Morgan fingerprint density at radius 3 is 3.15 bits per heavy atom. The molecular formula is C14H21N3O2S. The first-order valence-corrected chi connectivity index (χ1v) is 7.57. The second kappa shape index (κ2) is 6.76. The smallest absolute Gasteiger partial charge is 0.263 e. The minimum atomic E-state index is -0.155. The number of thiophene rings is 1. The Balaban J connectivity index is 1.93. The summed E-state index contributed by atoms with van der Waals surface area (Å²) in [6.07, 6.45) is 3.00. The van der Waals surface area contributed by atoms with Crippen molar-refractivity contribution in [2.24, 2.45) is 5.92 Å². The monoisotopic (exact) mass is 295 g/mol. The molecule has 0 aromatic carbocycles. The number of nitrogens with two attached hydrogens (primary N) is 1. The minimum Gasteiger partial charge on any atom is -0.397 e. The molecule has 1 amide bonds. The fourth-order valence-corrected chi connectivity index (χ4v) is 3.09. The Kier molecular flexibility index (Phi) is 5.03. The Hall–Kier alpha value is -1.53. The highest BCUT2D eigenvalue weighted by Gasteiger charge is 2.24. The van der Waals surface area contributed by atoms with Crippen LogP contribution in [0.4, 0.5) is 10.7 Å². The van der Waals surface area contributed by atoms with E-state index in [4.69, 9.17) is 10.5 Å². The lowest BCUT2D eigenvalue weighted by atomic mass is 10.0. The van der Waals surface area contributed by atoms with Gasteiger partial charge in [0.2, 0.25) is 0 Å². The molecule has 0 saturated carbocycles. The molecule has 4 N–H and O–H groups in total. The number of ether oxygens (including phenoxy) is 1. The standard InChI is InChI=1S/C14H21N3O2S/c1-3-5-16-14(18)13-11(15)7-12(20-13)17-8-10-4-6-19-9(10)2/h3,7,9-10,17H,1,4-6,8,15H2,2H3,(H,16,18). The molecule has 110 valence electrons. The van der Waals surface area contributed by atoms with Crippen LogP contribution in [0.15, 0.2) is 18.7 Å². The molecule has 2 unspecified atom stereocenters. The molecular weight excluding hydrogens is 274 g/mol. The van der Waals surface area contributed by atoms with Gasteiger partial charge in [-0.3, -0.25) is 4.79 Å². The van der Waals surface area contributed by atoms with Gasteiger partial charge in [-0.15, -0.1) is 17.9 Å². The molecule has 0 aliphatic carbocycles. The average molecular weight is 295 g/mol. The number of carbonyl (C=O) groups is 1. The summed E-state index contributed by atoms with van der Waals surface area (Å²) in [4.78, 5) is 12.4. The van der Waals surface area contributed by atoms with E-state index in [2.05, 4.69) is 24.1 Å². The molecule has 1 saturated heterocycles. The molecule has 2 heterocycles. The van der Waals surface area contributed by atoms with Gasteiger partial charge >= 0.3 is 0 Å². The summed E-state index contributed by atoms with van der Waals surface area (Å²) in [6.45, 7) is 7.77. The third kappa shape index (κ3) is 3.52. The molecule has 1 fully saturated rings. The van der Waals surface area contributed by atoms with Crippen molar-refractivity contribution in [2.75, 3.05) is 30.7 Å². The largest absolute Gasteiger partial charge is 0.397 e. The molecule has 0 bridgehead atoms. The normalized spacial score (nSPS) is 21.6. The maximum Gasteiger partial charge on any atom is 0.263 e. The Bertz CT molecular complexity index is 487. The van der Waals surface area contributed by atoms with Crippen LogP contribution in [0, 0.1) is 5.92 Å². The zero-order valence-electron chi connectivity index (χ0n) is 11.6. The van der Waals surface area contributed by atoms with Gasteiger partial charge in [0.15, 0.2) is 0 Å². The number of anilines is 2. The molecule has 1 aromatic rings. The van der Waals surface area contributed by atoms with E-state index in [1.165, 1.54) is 11.3 Å². The van der Waals surface area contributed by atoms with Crippen molar-refractivity contribution in [3.8, 4) is 0 Å². The summed E-state index contributed by atoms with van der Waals surface area (Å²) < 4.78 is 5.53. The van der Waals surface area contributed by atoms with Gasteiger partial charge in [-0.1, -0.05) is 6.08 Å². The molecule has 2 rings (SSSR count).